The van der Waals surface area contributed by atoms with Crippen LogP contribution in [0, 0.1) is 0 Å². The van der Waals surface area contributed by atoms with Gasteiger partial charge in [0.25, 0.3) is 0 Å². The third-order valence-electron chi connectivity index (χ3n) is 5.29. The number of ether oxygens (including phenoxy) is 2. The Morgan fingerprint density at radius 3 is 2.66 bits per heavy atom. The van der Waals surface area contributed by atoms with Crippen LogP contribution in [0.3, 0.4) is 0 Å². The van der Waals surface area contributed by atoms with Gasteiger partial charge in [-0.1, -0.05) is 30.7 Å². The highest BCUT2D eigenvalue weighted by Gasteiger charge is 2.19. The largest absolute Gasteiger partial charge is 0.382 e. The van der Waals surface area contributed by atoms with E-state index in [-0.39, 0.29) is 24.0 Å². The first-order chi connectivity index (χ1) is 13.7. The van der Waals surface area contributed by atoms with Crippen molar-refractivity contribution in [3.63, 3.8) is 0 Å². The molecule has 1 heterocycles. The molecule has 0 radical (unpaired) electrons. The molecule has 0 bridgehead atoms. The molecule has 1 aromatic carbocycles. The predicted octanol–water partition coefficient (Wildman–Crippen LogP) is 3.40. The lowest BCUT2D eigenvalue weighted by Crippen LogP contribution is -2.39. The topological polar surface area (TPSA) is 58.1 Å². The number of guanidine groups is 1. The van der Waals surface area contributed by atoms with Crippen LogP contribution in [-0.2, 0) is 22.6 Å². The summed E-state index contributed by atoms with van der Waals surface area (Å²) < 4.78 is 10.5. The Labute approximate surface area is 193 Å². The van der Waals surface area contributed by atoms with Crippen LogP contribution in [0.15, 0.2) is 29.3 Å². The molecule has 0 amide bonds. The fraction of sp³-hybridized carbons (Fsp3) is 0.682. The summed E-state index contributed by atoms with van der Waals surface area (Å²) in [7, 11) is 3.50. The van der Waals surface area contributed by atoms with Crippen molar-refractivity contribution in [2.75, 3.05) is 47.1 Å². The molecule has 2 rings (SSSR count). The first-order valence-corrected chi connectivity index (χ1v) is 10.6. The maximum atomic E-state index is 5.49. The van der Waals surface area contributed by atoms with Gasteiger partial charge in [-0.2, -0.15) is 0 Å². The maximum Gasteiger partial charge on any atom is 0.191 e. The highest BCUT2D eigenvalue weighted by molar-refractivity contribution is 14.0. The molecule has 1 fully saturated rings. The van der Waals surface area contributed by atoms with E-state index >= 15 is 0 Å². The molecule has 6 nitrogen and oxygen atoms in total. The molecule has 166 valence electrons. The number of methoxy groups -OCH3 is 1. The van der Waals surface area contributed by atoms with Gasteiger partial charge in [0, 0.05) is 46.4 Å². The van der Waals surface area contributed by atoms with Crippen molar-refractivity contribution in [2.24, 2.45) is 4.99 Å². The number of nitrogens with one attached hydrogen (secondary N) is 2. The molecule has 1 unspecified atom stereocenters. The Bertz CT molecular complexity index is 586. The SMILES string of the molecule is CN=C(NCCCOCCOC)NCc1ccccc1CN1CCCCC1C.I. The molecule has 0 aliphatic carbocycles. The van der Waals surface area contributed by atoms with Crippen LogP contribution in [0.2, 0.25) is 0 Å². The lowest BCUT2D eigenvalue weighted by atomic mass is 10.0. The number of hydrogen-bond acceptors (Lipinski definition) is 4. The van der Waals surface area contributed by atoms with E-state index in [0.29, 0.717) is 19.3 Å². The molecule has 1 atom stereocenters. The smallest absolute Gasteiger partial charge is 0.191 e. The molecule has 1 saturated heterocycles. The summed E-state index contributed by atoms with van der Waals surface area (Å²) in [6, 6.07) is 9.41. The van der Waals surface area contributed by atoms with E-state index in [0.717, 1.165) is 38.6 Å². The van der Waals surface area contributed by atoms with Crippen LogP contribution >= 0.6 is 24.0 Å². The van der Waals surface area contributed by atoms with Crippen molar-refractivity contribution in [1.29, 1.82) is 0 Å². The minimum Gasteiger partial charge on any atom is -0.382 e. The van der Waals surface area contributed by atoms with Crippen LogP contribution in [0.4, 0.5) is 0 Å². The minimum absolute atomic E-state index is 0. The molecule has 29 heavy (non-hydrogen) atoms. The predicted molar refractivity (Wildman–Crippen MR) is 131 cm³/mol. The van der Waals surface area contributed by atoms with E-state index in [4.69, 9.17) is 9.47 Å². The number of likely N-dealkylation sites (tertiary alicyclic amines) is 1. The average Bonchev–Trinajstić information content (AvgIpc) is 2.72. The average molecular weight is 518 g/mol. The van der Waals surface area contributed by atoms with E-state index in [9.17, 15) is 0 Å². The standard InChI is InChI=1S/C22H38N4O2.HI/c1-19-9-6-7-13-26(19)18-21-11-5-4-10-20(21)17-25-22(23-2)24-12-8-14-28-16-15-27-3;/h4-5,10-11,19H,6-9,12-18H2,1-3H3,(H2,23,24,25);1H. The molecular weight excluding hydrogens is 479 g/mol. The second kappa shape index (κ2) is 15.9. The van der Waals surface area contributed by atoms with E-state index in [2.05, 4.69) is 51.7 Å². The van der Waals surface area contributed by atoms with Crippen LogP contribution in [0.5, 0.6) is 0 Å². The summed E-state index contributed by atoms with van der Waals surface area (Å²) in [6.07, 6.45) is 4.93. The molecule has 1 aromatic rings. The van der Waals surface area contributed by atoms with E-state index in [1.54, 1.807) is 7.11 Å². The van der Waals surface area contributed by atoms with Crippen molar-refractivity contribution in [3.8, 4) is 0 Å². The summed E-state index contributed by atoms with van der Waals surface area (Å²) in [4.78, 5) is 6.94. The van der Waals surface area contributed by atoms with Gasteiger partial charge in [-0.25, -0.2) is 0 Å². The number of halogens is 1. The molecule has 1 aliphatic heterocycles. The molecular formula is C22H39IN4O2. The van der Waals surface area contributed by atoms with E-state index < -0.39 is 0 Å². The van der Waals surface area contributed by atoms with Gasteiger partial charge in [0.15, 0.2) is 5.96 Å². The molecule has 1 aliphatic rings. The first kappa shape index (κ1) is 26.1. The van der Waals surface area contributed by atoms with Crippen LogP contribution in [0.25, 0.3) is 0 Å². The molecule has 0 aromatic heterocycles. The molecule has 2 N–H and O–H groups in total. The zero-order valence-electron chi connectivity index (χ0n) is 18.3. The van der Waals surface area contributed by atoms with E-state index in [1.165, 1.54) is 36.9 Å². The third-order valence-corrected chi connectivity index (χ3v) is 5.29. The number of benzene rings is 1. The Balaban J connectivity index is 0.00000420. The fourth-order valence-corrected chi connectivity index (χ4v) is 3.52. The highest BCUT2D eigenvalue weighted by Crippen LogP contribution is 2.20. The lowest BCUT2D eigenvalue weighted by Gasteiger charge is -2.33. The third kappa shape index (κ3) is 10.1. The Hall–Kier alpha value is -0.900. The lowest BCUT2D eigenvalue weighted by molar-refractivity contribution is 0.0698. The Morgan fingerprint density at radius 1 is 1.14 bits per heavy atom. The summed E-state index contributed by atoms with van der Waals surface area (Å²) in [6.45, 7) is 8.22. The van der Waals surface area contributed by atoms with Gasteiger partial charge < -0.3 is 20.1 Å². The van der Waals surface area contributed by atoms with Crippen LogP contribution in [0.1, 0.15) is 43.7 Å². The van der Waals surface area contributed by atoms with Crippen molar-refractivity contribution >= 4 is 29.9 Å². The molecule has 7 heteroatoms. The monoisotopic (exact) mass is 518 g/mol. The quantitative estimate of drug-likeness (QED) is 0.204. The summed E-state index contributed by atoms with van der Waals surface area (Å²) >= 11 is 0. The molecule has 0 spiro atoms. The normalized spacial score (nSPS) is 17.6. The second-order valence-corrected chi connectivity index (χ2v) is 7.40. The first-order valence-electron chi connectivity index (χ1n) is 10.6. The molecule has 0 saturated carbocycles. The highest BCUT2D eigenvalue weighted by atomic mass is 127. The zero-order valence-corrected chi connectivity index (χ0v) is 20.6. The summed E-state index contributed by atoms with van der Waals surface area (Å²) in [5.41, 5.74) is 2.75. The Morgan fingerprint density at radius 2 is 1.93 bits per heavy atom. The van der Waals surface area contributed by atoms with Gasteiger partial charge in [0.1, 0.15) is 0 Å². The van der Waals surface area contributed by atoms with E-state index in [1.807, 2.05) is 7.05 Å². The number of hydrogen-bond donors (Lipinski definition) is 2. The second-order valence-electron chi connectivity index (χ2n) is 7.40. The van der Waals surface area contributed by atoms with Crippen molar-refractivity contribution in [3.05, 3.63) is 35.4 Å². The van der Waals surface area contributed by atoms with Gasteiger partial charge in [-0.15, -0.1) is 24.0 Å². The van der Waals surface area contributed by atoms with Gasteiger partial charge in [0.2, 0.25) is 0 Å². The van der Waals surface area contributed by atoms with Gasteiger partial charge in [-0.05, 0) is 43.9 Å². The number of piperidine rings is 1. The van der Waals surface area contributed by atoms with Gasteiger partial charge >= 0.3 is 0 Å². The van der Waals surface area contributed by atoms with Gasteiger partial charge in [0.05, 0.1) is 13.2 Å². The number of nitrogens with zero attached hydrogens (tertiary/aromatic N) is 2. The van der Waals surface area contributed by atoms with Crippen molar-refractivity contribution in [1.82, 2.24) is 15.5 Å². The maximum absolute atomic E-state index is 5.49. The van der Waals surface area contributed by atoms with Crippen LogP contribution < -0.4 is 10.6 Å². The van der Waals surface area contributed by atoms with Crippen molar-refractivity contribution < 1.29 is 9.47 Å². The van der Waals surface area contributed by atoms with Crippen molar-refractivity contribution in [2.45, 2.75) is 51.7 Å². The van der Waals surface area contributed by atoms with Crippen LogP contribution in [-0.4, -0.2) is 64.0 Å². The fourth-order valence-electron chi connectivity index (χ4n) is 3.52. The Kier molecular flexibility index (Phi) is 14.3. The minimum atomic E-state index is 0. The number of aliphatic imine (C=N–C) groups is 1. The number of rotatable bonds is 11. The van der Waals surface area contributed by atoms with Gasteiger partial charge in [-0.3, -0.25) is 9.89 Å². The summed E-state index contributed by atoms with van der Waals surface area (Å²) in [5, 5.41) is 6.80. The zero-order chi connectivity index (χ0) is 20.0. The summed E-state index contributed by atoms with van der Waals surface area (Å²) in [5.74, 6) is 0.832.